The third kappa shape index (κ3) is 3.97. The molecule has 0 aromatic carbocycles. The van der Waals surface area contributed by atoms with Gasteiger partial charge in [-0.15, -0.1) is 0 Å². The average molecular weight is 324 g/mol. The number of carbonyl (C=O) groups excluding carboxylic acids is 2. The van der Waals surface area contributed by atoms with E-state index in [-0.39, 0.29) is 23.7 Å². The van der Waals surface area contributed by atoms with E-state index in [1.807, 2.05) is 18.7 Å². The van der Waals surface area contributed by atoms with Crippen molar-refractivity contribution >= 4 is 29.2 Å². The molecule has 0 radical (unpaired) electrons. The predicted octanol–water partition coefficient (Wildman–Crippen LogP) is 2.96. The van der Waals surface area contributed by atoms with Crippen molar-refractivity contribution in [2.45, 2.75) is 33.1 Å². The smallest absolute Gasteiger partial charge is 0.230 e. The molecule has 2 rings (SSSR count). The highest BCUT2D eigenvalue weighted by Gasteiger charge is 2.30. The highest BCUT2D eigenvalue weighted by molar-refractivity contribution is 6.33. The number of hydrogen-bond acceptors (Lipinski definition) is 3. The highest BCUT2D eigenvalue weighted by Crippen LogP contribution is 2.23. The van der Waals surface area contributed by atoms with E-state index in [4.69, 9.17) is 11.6 Å². The number of nitrogens with zero attached hydrogens (tertiary/aromatic N) is 2. The van der Waals surface area contributed by atoms with Crippen LogP contribution in [0, 0.1) is 11.8 Å². The van der Waals surface area contributed by atoms with E-state index in [2.05, 4.69) is 10.3 Å². The molecule has 6 heteroatoms. The van der Waals surface area contributed by atoms with Crippen LogP contribution < -0.4 is 5.32 Å². The predicted molar refractivity (Wildman–Crippen MR) is 86.6 cm³/mol. The lowest BCUT2D eigenvalue weighted by Crippen LogP contribution is -2.45. The van der Waals surface area contributed by atoms with Crippen molar-refractivity contribution in [2.75, 3.05) is 18.4 Å². The molecular weight excluding hydrogens is 302 g/mol. The van der Waals surface area contributed by atoms with Gasteiger partial charge in [0.1, 0.15) is 0 Å². The van der Waals surface area contributed by atoms with E-state index in [0.717, 1.165) is 25.8 Å². The maximum atomic E-state index is 12.4. The summed E-state index contributed by atoms with van der Waals surface area (Å²) in [5, 5.41) is 3.18. The Bertz CT molecular complexity index is 550. The summed E-state index contributed by atoms with van der Waals surface area (Å²) in [5.74, 6) is 0.185. The van der Waals surface area contributed by atoms with Crippen LogP contribution in [0.5, 0.6) is 0 Å². The molecule has 1 fully saturated rings. The Morgan fingerprint density at radius 2 is 2.32 bits per heavy atom. The van der Waals surface area contributed by atoms with Crippen LogP contribution in [-0.2, 0) is 9.59 Å². The summed E-state index contributed by atoms with van der Waals surface area (Å²) in [6.45, 7) is 5.14. The SMILES string of the molecule is CC[C@@H](C)C(=O)N1CCC[C@H](C(=O)Nc2ncccc2Cl)C1. The van der Waals surface area contributed by atoms with Gasteiger partial charge in [-0.05, 0) is 31.4 Å². The molecule has 1 aliphatic heterocycles. The molecule has 1 saturated heterocycles. The van der Waals surface area contributed by atoms with Crippen molar-refractivity contribution < 1.29 is 9.59 Å². The first-order valence-electron chi connectivity index (χ1n) is 7.73. The third-order valence-electron chi connectivity index (χ3n) is 4.14. The van der Waals surface area contributed by atoms with E-state index in [0.29, 0.717) is 17.4 Å². The summed E-state index contributed by atoms with van der Waals surface area (Å²) < 4.78 is 0. The molecule has 2 atom stereocenters. The maximum absolute atomic E-state index is 12.4. The fraction of sp³-hybridized carbons (Fsp3) is 0.562. The number of nitrogens with one attached hydrogen (secondary N) is 1. The topological polar surface area (TPSA) is 62.3 Å². The number of halogens is 1. The second-order valence-electron chi connectivity index (χ2n) is 5.76. The maximum Gasteiger partial charge on any atom is 0.230 e. The zero-order chi connectivity index (χ0) is 16.1. The van der Waals surface area contributed by atoms with Crippen molar-refractivity contribution in [1.29, 1.82) is 0 Å². The first-order chi connectivity index (χ1) is 10.5. The molecular formula is C16H22ClN3O2. The van der Waals surface area contributed by atoms with Gasteiger partial charge in [0.2, 0.25) is 11.8 Å². The zero-order valence-electron chi connectivity index (χ0n) is 13.0. The second-order valence-corrected chi connectivity index (χ2v) is 6.16. The fourth-order valence-electron chi connectivity index (χ4n) is 2.57. The minimum atomic E-state index is -0.208. The number of likely N-dealkylation sites (tertiary alicyclic amines) is 1. The van der Waals surface area contributed by atoms with Gasteiger partial charge < -0.3 is 10.2 Å². The summed E-state index contributed by atoms with van der Waals surface area (Å²) in [5.41, 5.74) is 0. The van der Waals surface area contributed by atoms with Crippen LogP contribution in [0.25, 0.3) is 0 Å². The Kier molecular flexibility index (Phi) is 5.77. The molecule has 2 heterocycles. The van der Waals surface area contributed by atoms with Crippen LogP contribution in [0.15, 0.2) is 18.3 Å². The largest absolute Gasteiger partial charge is 0.342 e. The number of carbonyl (C=O) groups is 2. The van der Waals surface area contributed by atoms with Crippen LogP contribution in [0.4, 0.5) is 5.82 Å². The lowest BCUT2D eigenvalue weighted by Gasteiger charge is -2.33. The number of amides is 2. The molecule has 0 aliphatic carbocycles. The van der Waals surface area contributed by atoms with Crippen LogP contribution in [0.3, 0.4) is 0 Å². The number of pyridine rings is 1. The van der Waals surface area contributed by atoms with Crippen molar-refractivity contribution in [3.63, 3.8) is 0 Å². The molecule has 2 amide bonds. The highest BCUT2D eigenvalue weighted by atomic mass is 35.5. The molecule has 1 aromatic heterocycles. The van der Waals surface area contributed by atoms with Crippen LogP contribution in [-0.4, -0.2) is 34.8 Å². The molecule has 0 bridgehead atoms. The Balaban J connectivity index is 1.98. The van der Waals surface area contributed by atoms with Crippen molar-refractivity contribution in [3.8, 4) is 0 Å². The van der Waals surface area contributed by atoms with Crippen LogP contribution in [0.1, 0.15) is 33.1 Å². The average Bonchev–Trinajstić information content (AvgIpc) is 2.55. The number of aromatic nitrogens is 1. The van der Waals surface area contributed by atoms with Gasteiger partial charge in [0.05, 0.1) is 10.9 Å². The van der Waals surface area contributed by atoms with Gasteiger partial charge in [-0.25, -0.2) is 4.98 Å². The Labute approximate surface area is 136 Å². The minimum absolute atomic E-state index is 0.00652. The monoisotopic (exact) mass is 323 g/mol. The molecule has 1 N–H and O–H groups in total. The Hall–Kier alpha value is -1.62. The molecule has 22 heavy (non-hydrogen) atoms. The standard InChI is InChI=1S/C16H22ClN3O2/c1-3-11(2)16(22)20-9-5-6-12(10-20)15(21)19-14-13(17)7-4-8-18-14/h4,7-8,11-12H,3,5-6,9-10H2,1-2H3,(H,18,19,21)/t11-,12+/m1/s1. The lowest BCUT2D eigenvalue weighted by atomic mass is 9.95. The Morgan fingerprint density at radius 3 is 3.00 bits per heavy atom. The number of anilines is 1. The van der Waals surface area contributed by atoms with E-state index in [1.165, 1.54) is 0 Å². The quantitative estimate of drug-likeness (QED) is 0.926. The van der Waals surface area contributed by atoms with Gasteiger partial charge in [-0.1, -0.05) is 25.4 Å². The van der Waals surface area contributed by atoms with Gasteiger partial charge >= 0.3 is 0 Å². The summed E-state index contributed by atoms with van der Waals surface area (Å²) in [6.07, 6.45) is 4.02. The number of rotatable bonds is 4. The minimum Gasteiger partial charge on any atom is -0.342 e. The van der Waals surface area contributed by atoms with E-state index < -0.39 is 0 Å². The van der Waals surface area contributed by atoms with Gasteiger partial charge in [-0.3, -0.25) is 9.59 Å². The number of hydrogen-bond donors (Lipinski definition) is 1. The van der Waals surface area contributed by atoms with Crippen LogP contribution >= 0.6 is 11.6 Å². The Morgan fingerprint density at radius 1 is 1.55 bits per heavy atom. The summed E-state index contributed by atoms with van der Waals surface area (Å²) in [4.78, 5) is 30.5. The van der Waals surface area contributed by atoms with Crippen LogP contribution in [0.2, 0.25) is 5.02 Å². The van der Waals surface area contributed by atoms with Crippen molar-refractivity contribution in [2.24, 2.45) is 11.8 Å². The zero-order valence-corrected chi connectivity index (χ0v) is 13.8. The van der Waals surface area contributed by atoms with E-state index in [1.54, 1.807) is 18.3 Å². The van der Waals surface area contributed by atoms with Gasteiger partial charge in [-0.2, -0.15) is 0 Å². The fourth-order valence-corrected chi connectivity index (χ4v) is 2.74. The molecule has 120 valence electrons. The molecule has 0 spiro atoms. The first kappa shape index (κ1) is 16.7. The van der Waals surface area contributed by atoms with Gasteiger partial charge in [0.15, 0.2) is 5.82 Å². The summed E-state index contributed by atoms with van der Waals surface area (Å²) in [6, 6.07) is 3.40. The van der Waals surface area contributed by atoms with Gasteiger partial charge in [0.25, 0.3) is 0 Å². The molecule has 0 saturated carbocycles. The van der Waals surface area contributed by atoms with Crippen molar-refractivity contribution in [1.82, 2.24) is 9.88 Å². The lowest BCUT2D eigenvalue weighted by molar-refractivity contribution is -0.138. The second kappa shape index (κ2) is 7.58. The molecule has 1 aliphatic rings. The van der Waals surface area contributed by atoms with E-state index in [9.17, 15) is 9.59 Å². The third-order valence-corrected chi connectivity index (χ3v) is 4.44. The summed E-state index contributed by atoms with van der Waals surface area (Å²) >= 11 is 6.00. The normalized spacial score (nSPS) is 19.6. The number of piperidine rings is 1. The molecule has 1 aromatic rings. The molecule has 5 nitrogen and oxygen atoms in total. The first-order valence-corrected chi connectivity index (χ1v) is 8.10. The summed E-state index contributed by atoms with van der Waals surface area (Å²) in [7, 11) is 0. The van der Waals surface area contributed by atoms with Gasteiger partial charge in [0, 0.05) is 25.2 Å². The van der Waals surface area contributed by atoms with E-state index >= 15 is 0 Å². The molecule has 0 unspecified atom stereocenters. The van der Waals surface area contributed by atoms with Crippen molar-refractivity contribution in [3.05, 3.63) is 23.4 Å².